The van der Waals surface area contributed by atoms with E-state index in [9.17, 15) is 24.3 Å². The summed E-state index contributed by atoms with van der Waals surface area (Å²) in [5.74, 6) is -0.153. The number of aliphatic hydroxyl groups excluding tert-OH is 1. The van der Waals surface area contributed by atoms with Crippen LogP contribution in [0, 0.1) is 26.2 Å². The maximum Gasteiger partial charge on any atom is 0.308 e. The minimum atomic E-state index is -0.884. The van der Waals surface area contributed by atoms with Gasteiger partial charge in [-0.05, 0) is 85.9 Å². The van der Waals surface area contributed by atoms with Crippen LogP contribution in [0.1, 0.15) is 114 Å². The topological polar surface area (TPSA) is 181 Å². The number of benzene rings is 3. The number of amides is 3. The van der Waals surface area contributed by atoms with Gasteiger partial charge in [0.15, 0.2) is 5.82 Å². The molecule has 2 aliphatic heterocycles. The number of thiophene rings is 1. The number of hydrogen-bond donors (Lipinski definition) is 3. The van der Waals surface area contributed by atoms with Gasteiger partial charge in [0, 0.05) is 28.1 Å². The van der Waals surface area contributed by atoms with Crippen LogP contribution in [0.2, 0.25) is 0 Å². The summed E-state index contributed by atoms with van der Waals surface area (Å²) in [6.07, 6.45) is 1.19. The van der Waals surface area contributed by atoms with Crippen molar-refractivity contribution in [1.82, 2.24) is 35.3 Å². The van der Waals surface area contributed by atoms with E-state index in [1.54, 1.807) is 28.4 Å². The monoisotopic (exact) mass is 926 g/mol. The number of esters is 1. The zero-order valence-electron chi connectivity index (χ0n) is 38.3. The highest BCUT2D eigenvalue weighted by Gasteiger charge is 2.42. The summed E-state index contributed by atoms with van der Waals surface area (Å²) in [6.45, 7) is 13.7. The Bertz CT molecular complexity index is 2820. The van der Waals surface area contributed by atoms with Crippen molar-refractivity contribution < 1.29 is 29.0 Å². The number of nitrogens with one attached hydrogen (secondary N) is 2. The molecule has 0 unspecified atom stereocenters. The molecule has 0 aliphatic carbocycles. The average molecular weight is 927 g/mol. The van der Waals surface area contributed by atoms with Gasteiger partial charge in [0.2, 0.25) is 11.8 Å². The summed E-state index contributed by atoms with van der Waals surface area (Å²) >= 11 is 3.04. The molecule has 3 amide bonds. The number of aliphatic hydroxyl groups is 1. The van der Waals surface area contributed by atoms with Crippen molar-refractivity contribution in [2.24, 2.45) is 10.4 Å². The number of nitrogens with zero attached hydrogens (tertiary/aromatic N) is 6. The van der Waals surface area contributed by atoms with Crippen molar-refractivity contribution in [2.75, 3.05) is 13.7 Å². The van der Waals surface area contributed by atoms with Crippen molar-refractivity contribution >= 4 is 52.1 Å². The van der Waals surface area contributed by atoms with Crippen LogP contribution >= 0.6 is 22.7 Å². The summed E-state index contributed by atoms with van der Waals surface area (Å²) < 4.78 is 6.94. The molecule has 3 aromatic carbocycles. The molecule has 3 aromatic heterocycles. The molecule has 3 N–H and O–H groups in total. The van der Waals surface area contributed by atoms with E-state index in [0.29, 0.717) is 42.3 Å². The van der Waals surface area contributed by atoms with Crippen LogP contribution in [0.4, 0.5) is 0 Å². The number of ether oxygens (including phenoxy) is 1. The number of aryl methyl sites for hydroxylation is 2. The minimum absolute atomic E-state index is 0.0253. The molecule has 0 saturated carbocycles. The fourth-order valence-electron chi connectivity index (χ4n) is 8.71. The normalized spacial score (nSPS) is 16.7. The lowest BCUT2D eigenvalue weighted by Gasteiger charge is -2.35. The fraction of sp³-hybridized carbons (Fsp3) is 0.360. The Morgan fingerprint density at radius 3 is 2.17 bits per heavy atom. The number of rotatable bonds is 12. The quantitative estimate of drug-likeness (QED) is 0.103. The lowest BCUT2D eigenvalue weighted by molar-refractivity contribution is -0.142. The summed E-state index contributed by atoms with van der Waals surface area (Å²) in [7, 11) is 1.34. The SMILES string of the molecule is COC(=O)C[C@@H]1N=C(c2ccc(-c3ccc(C(=O)N[C@H](C(=O)N4CCC[C@H]4C(=O)N[C@@H](C)c4ccc(-c5scnc5C)cc4)C(C)(C)C)cc3)cc2)c2c(sc(CO)c2C)-n2c(C)nnc21. The molecule has 0 spiro atoms. The van der Waals surface area contributed by atoms with Gasteiger partial charge in [-0.1, -0.05) is 81.4 Å². The third kappa shape index (κ3) is 9.09. The van der Waals surface area contributed by atoms with Crippen LogP contribution < -0.4 is 10.6 Å². The maximum atomic E-state index is 14.3. The third-order valence-electron chi connectivity index (χ3n) is 12.5. The van der Waals surface area contributed by atoms with Gasteiger partial charge in [-0.15, -0.1) is 32.9 Å². The van der Waals surface area contributed by atoms with Crippen LogP contribution in [0.3, 0.4) is 0 Å². The molecule has 0 bridgehead atoms. The molecule has 6 aromatic rings. The molecular weight excluding hydrogens is 873 g/mol. The van der Waals surface area contributed by atoms with E-state index < -0.39 is 35.4 Å². The zero-order valence-corrected chi connectivity index (χ0v) is 40.0. The molecule has 342 valence electrons. The van der Waals surface area contributed by atoms with E-state index in [2.05, 4.69) is 25.8 Å². The predicted molar refractivity (Wildman–Crippen MR) is 256 cm³/mol. The standard InChI is InChI=1S/C50H54N8O6S2/c1-27-39(25-59)66-49-41(27)42(53-37(24-40(60)64-8)45-56-55-30(4)58(45)49)34-17-13-32(14-18-34)33-15-21-36(22-16-33)46(61)54-44(50(5,6)7)48(63)57-23-9-10-38(57)47(62)52-28(2)31-11-19-35(20-12-31)43-29(3)51-26-65-43/h11-22,26,28,37-38,44,59H,9-10,23-25H2,1-8H3,(H,52,62)(H,54,61)/t28-,37-,38-,44+/m0/s1. The first kappa shape index (κ1) is 46.2. The number of carbonyl (C=O) groups is 4. The van der Waals surface area contributed by atoms with E-state index in [0.717, 1.165) is 59.4 Å². The van der Waals surface area contributed by atoms with E-state index in [-0.39, 0.29) is 30.9 Å². The number of hydrogen-bond acceptors (Lipinski definition) is 12. The first-order chi connectivity index (χ1) is 31.6. The zero-order chi connectivity index (χ0) is 47.0. The first-order valence-electron chi connectivity index (χ1n) is 22.0. The largest absolute Gasteiger partial charge is 0.469 e. The van der Waals surface area contributed by atoms with Crippen LogP contribution in [0.15, 0.2) is 83.3 Å². The van der Waals surface area contributed by atoms with Crippen molar-refractivity contribution in [1.29, 1.82) is 0 Å². The molecule has 16 heteroatoms. The van der Waals surface area contributed by atoms with Gasteiger partial charge in [0.1, 0.15) is 29.0 Å². The lowest BCUT2D eigenvalue weighted by atomic mass is 9.85. The highest BCUT2D eigenvalue weighted by atomic mass is 32.1. The van der Waals surface area contributed by atoms with Gasteiger partial charge in [0.05, 0.1) is 48.0 Å². The Labute approximate surface area is 392 Å². The van der Waals surface area contributed by atoms with Crippen LogP contribution in [-0.4, -0.2) is 84.9 Å². The molecule has 1 fully saturated rings. The third-order valence-corrected chi connectivity index (χ3v) is 14.7. The summed E-state index contributed by atoms with van der Waals surface area (Å²) in [5, 5.41) is 26.0. The molecule has 8 rings (SSSR count). The number of aliphatic imine (C=N–C) groups is 1. The van der Waals surface area contributed by atoms with E-state index in [4.69, 9.17) is 9.73 Å². The number of thiazole rings is 1. The van der Waals surface area contributed by atoms with Crippen molar-refractivity contribution in [3.63, 3.8) is 0 Å². The van der Waals surface area contributed by atoms with Crippen LogP contribution in [-0.2, 0) is 25.7 Å². The molecular formula is C50H54N8O6S2. The van der Waals surface area contributed by atoms with Gasteiger partial charge >= 0.3 is 5.97 Å². The van der Waals surface area contributed by atoms with Crippen LogP contribution in [0.5, 0.6) is 0 Å². The molecule has 14 nitrogen and oxygen atoms in total. The highest BCUT2D eigenvalue weighted by molar-refractivity contribution is 7.15. The smallest absolute Gasteiger partial charge is 0.308 e. The van der Waals surface area contributed by atoms with Gasteiger partial charge < -0.3 is 25.4 Å². The molecule has 4 atom stereocenters. The Hall–Kier alpha value is -6.36. The highest BCUT2D eigenvalue weighted by Crippen LogP contribution is 2.40. The van der Waals surface area contributed by atoms with Crippen LogP contribution in [0.25, 0.3) is 26.6 Å². The molecule has 66 heavy (non-hydrogen) atoms. The second-order valence-electron chi connectivity index (χ2n) is 17.9. The second kappa shape index (κ2) is 18.9. The second-order valence-corrected chi connectivity index (χ2v) is 19.9. The Balaban J connectivity index is 0.961. The van der Waals surface area contributed by atoms with E-state index >= 15 is 0 Å². The van der Waals surface area contributed by atoms with Gasteiger partial charge in [-0.3, -0.25) is 28.7 Å². The summed E-state index contributed by atoms with van der Waals surface area (Å²) in [5.41, 5.74) is 9.57. The molecule has 1 saturated heterocycles. The Morgan fingerprint density at radius 1 is 0.894 bits per heavy atom. The molecule has 2 aliphatic rings. The number of carbonyl (C=O) groups excluding carboxylic acids is 4. The molecule has 5 heterocycles. The van der Waals surface area contributed by atoms with E-state index in [1.165, 1.54) is 18.4 Å². The van der Waals surface area contributed by atoms with Crippen molar-refractivity contribution in [3.8, 4) is 26.6 Å². The van der Waals surface area contributed by atoms with Crippen molar-refractivity contribution in [2.45, 2.75) is 98.5 Å². The summed E-state index contributed by atoms with van der Waals surface area (Å²) in [4.78, 5) is 67.6. The van der Waals surface area contributed by atoms with E-state index in [1.807, 2.05) is 119 Å². The summed E-state index contributed by atoms with van der Waals surface area (Å²) in [6, 6.07) is 20.7. The number of fused-ring (bicyclic) bond motifs is 3. The Kier molecular flexibility index (Phi) is 13.2. The average Bonchev–Trinajstić information content (AvgIpc) is 4.11. The number of likely N-dealkylation sites (tertiary alicyclic amines) is 1. The van der Waals surface area contributed by atoms with Gasteiger partial charge in [-0.2, -0.15) is 0 Å². The first-order valence-corrected chi connectivity index (χ1v) is 23.7. The molecule has 0 radical (unpaired) electrons. The van der Waals surface area contributed by atoms with Gasteiger partial charge in [0.25, 0.3) is 5.91 Å². The van der Waals surface area contributed by atoms with Gasteiger partial charge in [-0.25, -0.2) is 4.98 Å². The Morgan fingerprint density at radius 2 is 1.55 bits per heavy atom. The predicted octanol–water partition coefficient (Wildman–Crippen LogP) is 8.00. The number of aromatic nitrogens is 4. The van der Waals surface area contributed by atoms with Crippen molar-refractivity contribution in [3.05, 3.63) is 128 Å². The fourth-order valence-corrected chi connectivity index (χ4v) is 10.7. The maximum absolute atomic E-state index is 14.3. The lowest BCUT2D eigenvalue weighted by Crippen LogP contribution is -2.57. The minimum Gasteiger partial charge on any atom is -0.469 e. The number of methoxy groups -OCH3 is 1.